The number of hydrazine groups is 1. The molecule has 36 heavy (non-hydrogen) atoms. The van der Waals surface area contributed by atoms with E-state index in [0.717, 1.165) is 11.3 Å². The molecule has 1 aliphatic rings. The Labute approximate surface area is 219 Å². The minimum atomic E-state index is -3.08. The largest absolute Gasteiger partial charge is 0.395 e. The Morgan fingerprint density at radius 1 is 1.14 bits per heavy atom. The Morgan fingerprint density at radius 2 is 1.83 bits per heavy atom. The number of amides is 1. The maximum Gasteiger partial charge on any atom is 0.286 e. The second-order valence-corrected chi connectivity index (χ2v) is 11.4. The van der Waals surface area contributed by atoms with Crippen molar-refractivity contribution >= 4 is 38.9 Å². The van der Waals surface area contributed by atoms with E-state index in [4.69, 9.17) is 28.3 Å². The number of sulfone groups is 1. The number of nitrogens with one attached hydrogen (secondary N) is 1. The van der Waals surface area contributed by atoms with Crippen molar-refractivity contribution in [3.8, 4) is 28.9 Å². The van der Waals surface area contributed by atoms with E-state index in [-0.39, 0.29) is 36.9 Å². The molecule has 2 aromatic carbocycles. The fourth-order valence-corrected chi connectivity index (χ4v) is 5.51. The van der Waals surface area contributed by atoms with Crippen LogP contribution in [0.25, 0.3) is 17.1 Å². The minimum absolute atomic E-state index is 0.00259. The summed E-state index contributed by atoms with van der Waals surface area (Å²) in [5.74, 6) is 5.87. The van der Waals surface area contributed by atoms with E-state index < -0.39 is 15.7 Å². The number of imidazole rings is 1. The van der Waals surface area contributed by atoms with E-state index in [9.17, 15) is 13.2 Å². The van der Waals surface area contributed by atoms with Gasteiger partial charge in [-0.15, -0.1) is 0 Å². The summed E-state index contributed by atoms with van der Waals surface area (Å²) >= 11 is 12.6. The molecule has 0 aliphatic carbocycles. The first-order valence-corrected chi connectivity index (χ1v) is 13.8. The third-order valence-electron chi connectivity index (χ3n) is 5.69. The molecule has 0 unspecified atom stereocenters. The van der Waals surface area contributed by atoms with E-state index in [1.165, 1.54) is 0 Å². The Kier molecular flexibility index (Phi) is 8.03. The van der Waals surface area contributed by atoms with Crippen LogP contribution in [-0.2, 0) is 9.84 Å². The number of rotatable bonds is 5. The molecular weight excluding hydrogens is 523 g/mol. The van der Waals surface area contributed by atoms with Crippen LogP contribution in [0.5, 0.6) is 0 Å². The van der Waals surface area contributed by atoms with Crippen LogP contribution in [0.1, 0.15) is 28.2 Å². The van der Waals surface area contributed by atoms with Crippen LogP contribution in [0.2, 0.25) is 10.0 Å². The summed E-state index contributed by atoms with van der Waals surface area (Å²) in [4.78, 5) is 17.8. The number of carbonyl (C=O) groups excluding carboxylic acids is 1. The summed E-state index contributed by atoms with van der Waals surface area (Å²) in [6.07, 6.45) is 0.392. The van der Waals surface area contributed by atoms with Gasteiger partial charge in [-0.25, -0.2) is 18.4 Å². The predicted molar refractivity (Wildman–Crippen MR) is 140 cm³/mol. The van der Waals surface area contributed by atoms with Crippen LogP contribution >= 0.6 is 23.2 Å². The van der Waals surface area contributed by atoms with E-state index in [1.807, 2.05) is 28.8 Å². The molecule has 1 saturated heterocycles. The minimum Gasteiger partial charge on any atom is -0.395 e. The Bertz CT molecular complexity index is 1440. The van der Waals surface area contributed by atoms with Crippen molar-refractivity contribution in [2.75, 3.05) is 31.2 Å². The first-order valence-electron chi connectivity index (χ1n) is 11.2. The molecule has 0 radical (unpaired) electrons. The Hall–Kier alpha value is -2.87. The highest BCUT2D eigenvalue weighted by Gasteiger charge is 2.27. The zero-order valence-electron chi connectivity index (χ0n) is 19.5. The monoisotopic (exact) mass is 546 g/mol. The molecule has 11 heteroatoms. The molecule has 0 atom stereocenters. The highest BCUT2D eigenvalue weighted by molar-refractivity contribution is 7.91. The highest BCUT2D eigenvalue weighted by Crippen LogP contribution is 2.33. The number of aromatic nitrogens is 2. The number of aliphatic hydroxyl groups is 1. The molecule has 0 bridgehead atoms. The summed E-state index contributed by atoms with van der Waals surface area (Å²) < 4.78 is 25.3. The number of nitrogens with zero attached hydrogens (tertiary/aromatic N) is 3. The molecule has 188 valence electrons. The predicted octanol–water partition coefficient (Wildman–Crippen LogP) is 3.26. The number of aliphatic hydroxyl groups excluding tert-OH is 1. The van der Waals surface area contributed by atoms with Gasteiger partial charge in [0.15, 0.2) is 15.5 Å². The topological polar surface area (TPSA) is 105 Å². The van der Waals surface area contributed by atoms with Gasteiger partial charge in [-0.3, -0.25) is 14.8 Å². The van der Waals surface area contributed by atoms with E-state index in [1.54, 1.807) is 30.1 Å². The summed E-state index contributed by atoms with van der Waals surface area (Å²) in [6, 6.07) is 12.5. The quantitative estimate of drug-likeness (QED) is 0.476. The van der Waals surface area contributed by atoms with Crippen LogP contribution in [0.15, 0.2) is 42.5 Å². The third-order valence-corrected chi connectivity index (χ3v) is 7.85. The number of hydrogen-bond acceptors (Lipinski definition) is 6. The second-order valence-electron chi connectivity index (χ2n) is 8.23. The maximum atomic E-state index is 13.2. The van der Waals surface area contributed by atoms with Gasteiger partial charge in [0.05, 0.1) is 28.8 Å². The molecule has 2 N–H and O–H groups in total. The molecule has 1 aromatic heterocycles. The van der Waals surface area contributed by atoms with Crippen molar-refractivity contribution in [2.24, 2.45) is 0 Å². The van der Waals surface area contributed by atoms with Gasteiger partial charge in [0, 0.05) is 41.3 Å². The van der Waals surface area contributed by atoms with Crippen LogP contribution in [-0.4, -0.2) is 65.2 Å². The SMILES string of the molecule is Cc1c(C(=O)NN2CCS(=O)(=O)CC2)nc(-c2ccc(Cl)cc2Cl)n1-c1ccc(C#CCCO)cc1. The zero-order chi connectivity index (χ0) is 25.9. The van der Waals surface area contributed by atoms with Gasteiger partial charge in [-0.2, -0.15) is 0 Å². The second kappa shape index (κ2) is 11.0. The molecule has 4 rings (SSSR count). The smallest absolute Gasteiger partial charge is 0.286 e. The molecule has 3 aromatic rings. The average Bonchev–Trinajstić information content (AvgIpc) is 3.18. The van der Waals surface area contributed by atoms with Crippen molar-refractivity contribution < 1.29 is 18.3 Å². The number of hydrogen-bond donors (Lipinski definition) is 2. The fraction of sp³-hybridized carbons (Fsp3) is 0.280. The van der Waals surface area contributed by atoms with Gasteiger partial charge in [-0.05, 0) is 49.4 Å². The van der Waals surface area contributed by atoms with Crippen LogP contribution < -0.4 is 5.43 Å². The van der Waals surface area contributed by atoms with E-state index >= 15 is 0 Å². The van der Waals surface area contributed by atoms with Crippen LogP contribution in [0, 0.1) is 18.8 Å². The Balaban J connectivity index is 1.73. The van der Waals surface area contributed by atoms with E-state index in [2.05, 4.69) is 22.3 Å². The van der Waals surface area contributed by atoms with Crippen molar-refractivity contribution in [1.29, 1.82) is 0 Å². The maximum absolute atomic E-state index is 13.2. The zero-order valence-corrected chi connectivity index (χ0v) is 21.8. The average molecular weight is 547 g/mol. The van der Waals surface area contributed by atoms with Crippen LogP contribution in [0.3, 0.4) is 0 Å². The van der Waals surface area contributed by atoms with Gasteiger partial charge in [0.25, 0.3) is 5.91 Å². The molecule has 1 fully saturated rings. The van der Waals surface area contributed by atoms with Gasteiger partial charge in [0.1, 0.15) is 5.82 Å². The number of carbonyl (C=O) groups is 1. The molecule has 0 saturated carbocycles. The molecule has 0 spiro atoms. The van der Waals surface area contributed by atoms with Gasteiger partial charge in [-0.1, -0.05) is 35.0 Å². The Morgan fingerprint density at radius 3 is 2.47 bits per heavy atom. The first-order chi connectivity index (χ1) is 17.2. The van der Waals surface area contributed by atoms with Crippen molar-refractivity contribution in [3.05, 3.63) is 69.5 Å². The standard InChI is InChI=1S/C25H24Cl2N4O4S/c1-17-23(25(33)29-30-11-14-36(34,35)15-12-30)28-24(21-10-7-19(26)16-22(21)27)31(17)20-8-5-18(6-9-20)4-2-3-13-32/h5-10,16,32H,3,11-15H2,1H3,(H,29,33). The first kappa shape index (κ1) is 26.2. The molecular formula is C25H24Cl2N4O4S. The highest BCUT2D eigenvalue weighted by atomic mass is 35.5. The van der Waals surface area contributed by atoms with Gasteiger partial charge >= 0.3 is 0 Å². The molecule has 2 heterocycles. The van der Waals surface area contributed by atoms with Gasteiger partial charge in [0.2, 0.25) is 0 Å². The molecule has 1 amide bonds. The number of halogens is 2. The lowest BCUT2D eigenvalue weighted by Crippen LogP contribution is -2.50. The lowest BCUT2D eigenvalue weighted by atomic mass is 10.1. The van der Waals surface area contributed by atoms with Crippen molar-refractivity contribution in [1.82, 2.24) is 20.0 Å². The normalized spacial score (nSPS) is 15.2. The third kappa shape index (κ3) is 5.91. The lowest BCUT2D eigenvalue weighted by Gasteiger charge is -2.26. The van der Waals surface area contributed by atoms with E-state index in [0.29, 0.717) is 33.5 Å². The summed E-state index contributed by atoms with van der Waals surface area (Å²) in [5, 5.41) is 11.4. The van der Waals surface area contributed by atoms with Crippen molar-refractivity contribution in [3.63, 3.8) is 0 Å². The molecule has 1 aliphatic heterocycles. The lowest BCUT2D eigenvalue weighted by molar-refractivity contribution is 0.0796. The van der Waals surface area contributed by atoms with Crippen molar-refractivity contribution in [2.45, 2.75) is 13.3 Å². The number of benzene rings is 2. The summed E-state index contributed by atoms with van der Waals surface area (Å²) in [7, 11) is -3.08. The summed E-state index contributed by atoms with van der Waals surface area (Å²) in [6.45, 7) is 2.21. The molecule has 8 nitrogen and oxygen atoms in total. The van der Waals surface area contributed by atoms with Crippen LogP contribution in [0.4, 0.5) is 0 Å². The van der Waals surface area contributed by atoms with Gasteiger partial charge < -0.3 is 5.11 Å². The fourth-order valence-electron chi connectivity index (χ4n) is 3.82. The summed E-state index contributed by atoms with van der Waals surface area (Å²) in [5.41, 5.74) is 5.68.